The molecule has 1 aliphatic carbocycles. The third-order valence-electron chi connectivity index (χ3n) is 5.93. The molecule has 1 saturated carbocycles. The average Bonchev–Trinajstić information content (AvgIpc) is 3.57. The lowest BCUT2D eigenvalue weighted by atomic mass is 10.0. The van der Waals surface area contributed by atoms with Crippen LogP contribution in [0.5, 0.6) is 0 Å². The first-order chi connectivity index (χ1) is 16.4. The van der Waals surface area contributed by atoms with Crippen LogP contribution in [0.1, 0.15) is 30.5 Å². The van der Waals surface area contributed by atoms with E-state index in [2.05, 4.69) is 25.6 Å². The zero-order valence-electron chi connectivity index (χ0n) is 18.1. The number of pyridine rings is 2. The molecule has 0 bridgehead atoms. The van der Waals surface area contributed by atoms with Gasteiger partial charge in [0.1, 0.15) is 5.65 Å². The molecule has 1 aromatic carbocycles. The Labute approximate surface area is 193 Å². The minimum absolute atomic E-state index is 0.245. The van der Waals surface area contributed by atoms with Crippen LogP contribution >= 0.6 is 0 Å². The molecule has 0 saturated heterocycles. The molecule has 5 rings (SSSR count). The van der Waals surface area contributed by atoms with Crippen LogP contribution in [-0.2, 0) is 12.6 Å². The molecular weight excluding hydrogens is 443 g/mol. The van der Waals surface area contributed by atoms with Crippen LogP contribution in [0.2, 0.25) is 0 Å². The molecule has 0 atom stereocenters. The number of halogens is 3. The summed E-state index contributed by atoms with van der Waals surface area (Å²) in [6, 6.07) is 9.58. The van der Waals surface area contributed by atoms with Crippen molar-refractivity contribution in [3.63, 3.8) is 0 Å². The fourth-order valence-electron chi connectivity index (χ4n) is 3.91. The first-order valence-electron chi connectivity index (χ1n) is 11.0. The smallest absolute Gasteiger partial charge is 0.344 e. The highest BCUT2D eigenvalue weighted by Gasteiger charge is 2.30. The molecule has 4 aromatic rings. The lowest BCUT2D eigenvalue weighted by Crippen LogP contribution is -2.19. The van der Waals surface area contributed by atoms with Crippen molar-refractivity contribution in [3.8, 4) is 11.1 Å². The molecule has 3 heterocycles. The van der Waals surface area contributed by atoms with E-state index in [1.807, 2.05) is 24.4 Å². The quantitative estimate of drug-likeness (QED) is 0.299. The van der Waals surface area contributed by atoms with Gasteiger partial charge >= 0.3 is 12.2 Å². The number of aryl methyl sites for hydroxylation is 1. The molecule has 9 heteroatoms. The van der Waals surface area contributed by atoms with Gasteiger partial charge in [0.05, 0.1) is 16.6 Å². The minimum atomic E-state index is -4.43. The van der Waals surface area contributed by atoms with E-state index in [1.54, 1.807) is 12.4 Å². The fraction of sp³-hybridized carbons (Fsp3) is 0.240. The van der Waals surface area contributed by atoms with E-state index in [9.17, 15) is 18.0 Å². The number of hydrogen-bond donors (Lipinski definition) is 3. The van der Waals surface area contributed by atoms with Crippen molar-refractivity contribution in [2.24, 2.45) is 5.92 Å². The summed E-state index contributed by atoms with van der Waals surface area (Å²) >= 11 is 0. The monoisotopic (exact) mass is 465 g/mol. The average molecular weight is 465 g/mol. The number of alkyl halides is 3. The van der Waals surface area contributed by atoms with Gasteiger partial charge in [0.15, 0.2) is 0 Å². The number of carbonyl (C=O) groups is 1. The van der Waals surface area contributed by atoms with Gasteiger partial charge in [-0.1, -0.05) is 18.9 Å². The Bertz CT molecular complexity index is 1310. The number of hydrogen-bond acceptors (Lipinski definition) is 3. The SMILES string of the molecule is O=C(Nc1ccc(C(F)(F)F)cc1)Nc1c[nH]c2nccc(-c3ccc(CCC4CC4)nc3)c12. The van der Waals surface area contributed by atoms with Crippen molar-refractivity contribution in [3.05, 3.63) is 72.3 Å². The molecule has 174 valence electrons. The van der Waals surface area contributed by atoms with Crippen LogP contribution in [0.3, 0.4) is 0 Å². The summed E-state index contributed by atoms with van der Waals surface area (Å²) in [5, 5.41) is 6.03. The van der Waals surface area contributed by atoms with Gasteiger partial charge in [-0.25, -0.2) is 9.78 Å². The topological polar surface area (TPSA) is 82.7 Å². The Morgan fingerprint density at radius 3 is 2.50 bits per heavy atom. The number of benzene rings is 1. The maximum atomic E-state index is 12.7. The number of H-pyrrole nitrogens is 1. The number of amides is 2. The van der Waals surface area contributed by atoms with Crippen molar-refractivity contribution in [2.75, 3.05) is 10.6 Å². The number of nitrogens with one attached hydrogen (secondary N) is 3. The van der Waals surface area contributed by atoms with Crippen molar-refractivity contribution < 1.29 is 18.0 Å². The van der Waals surface area contributed by atoms with Gasteiger partial charge in [-0.3, -0.25) is 4.98 Å². The first kappa shape index (κ1) is 21.9. The normalized spacial score (nSPS) is 13.7. The molecular formula is C25H22F3N5O. The van der Waals surface area contributed by atoms with E-state index in [0.29, 0.717) is 11.3 Å². The lowest BCUT2D eigenvalue weighted by molar-refractivity contribution is -0.137. The first-order valence-corrected chi connectivity index (χ1v) is 11.0. The molecule has 6 nitrogen and oxygen atoms in total. The fourth-order valence-corrected chi connectivity index (χ4v) is 3.91. The van der Waals surface area contributed by atoms with Crippen molar-refractivity contribution >= 4 is 28.4 Å². The molecule has 1 aliphatic rings. The number of rotatable bonds is 6. The largest absolute Gasteiger partial charge is 0.416 e. The summed E-state index contributed by atoms with van der Waals surface area (Å²) in [6.45, 7) is 0. The number of urea groups is 1. The predicted molar refractivity (Wildman–Crippen MR) is 124 cm³/mol. The van der Waals surface area contributed by atoms with E-state index in [4.69, 9.17) is 0 Å². The van der Waals surface area contributed by atoms with Crippen LogP contribution in [0, 0.1) is 5.92 Å². The lowest BCUT2D eigenvalue weighted by Gasteiger charge is -2.10. The highest BCUT2D eigenvalue weighted by Crippen LogP contribution is 2.35. The Balaban J connectivity index is 1.33. The van der Waals surface area contributed by atoms with Crippen molar-refractivity contribution in [2.45, 2.75) is 31.9 Å². The highest BCUT2D eigenvalue weighted by molar-refractivity contribution is 6.09. The second-order valence-electron chi connectivity index (χ2n) is 8.46. The number of anilines is 2. The third-order valence-corrected chi connectivity index (χ3v) is 5.93. The number of aromatic nitrogens is 3. The Morgan fingerprint density at radius 1 is 1.03 bits per heavy atom. The van der Waals surface area contributed by atoms with E-state index in [-0.39, 0.29) is 5.69 Å². The predicted octanol–water partition coefficient (Wildman–Crippen LogP) is 6.63. The Morgan fingerprint density at radius 2 is 1.82 bits per heavy atom. The summed E-state index contributed by atoms with van der Waals surface area (Å²) in [6.07, 6.45) is 5.50. The molecule has 0 aliphatic heterocycles. The zero-order chi connectivity index (χ0) is 23.7. The van der Waals surface area contributed by atoms with Gasteiger partial charge in [0.25, 0.3) is 0 Å². The third kappa shape index (κ3) is 4.88. The van der Waals surface area contributed by atoms with Crippen LogP contribution in [0.25, 0.3) is 22.2 Å². The second-order valence-corrected chi connectivity index (χ2v) is 8.46. The highest BCUT2D eigenvalue weighted by atomic mass is 19.4. The van der Waals surface area contributed by atoms with Crippen LogP contribution in [-0.4, -0.2) is 21.0 Å². The van der Waals surface area contributed by atoms with E-state index < -0.39 is 17.8 Å². The zero-order valence-corrected chi connectivity index (χ0v) is 18.1. The van der Waals surface area contributed by atoms with E-state index in [0.717, 1.165) is 46.7 Å². The molecule has 3 aromatic heterocycles. The van der Waals surface area contributed by atoms with E-state index >= 15 is 0 Å². The maximum absolute atomic E-state index is 12.7. The van der Waals surface area contributed by atoms with E-state index in [1.165, 1.54) is 31.4 Å². The second kappa shape index (κ2) is 8.81. The van der Waals surface area contributed by atoms with Gasteiger partial charge in [-0.05, 0) is 60.7 Å². The molecule has 0 radical (unpaired) electrons. The number of carbonyl (C=O) groups excluding carboxylic acids is 1. The summed E-state index contributed by atoms with van der Waals surface area (Å²) in [7, 11) is 0. The maximum Gasteiger partial charge on any atom is 0.416 e. The van der Waals surface area contributed by atoms with Gasteiger partial charge in [0.2, 0.25) is 0 Å². The Hall–Kier alpha value is -3.88. The van der Waals surface area contributed by atoms with Crippen LogP contribution in [0.15, 0.2) is 61.1 Å². The summed E-state index contributed by atoms with van der Waals surface area (Å²) in [5.41, 5.74) is 3.38. The number of nitrogens with zero attached hydrogens (tertiary/aromatic N) is 2. The number of fused-ring (bicyclic) bond motifs is 1. The molecule has 34 heavy (non-hydrogen) atoms. The standard InChI is InChI=1S/C25H22F3N5O/c26-25(27,28)17-5-9-19(10-6-17)32-24(34)33-21-14-31-23-22(21)20(11-12-29-23)16-4-8-18(30-13-16)7-3-15-1-2-15/h4-6,8-15H,1-3,7H2,(H,29,31)(H2,32,33,34). The summed E-state index contributed by atoms with van der Waals surface area (Å²) in [5.74, 6) is 0.850. The van der Waals surface area contributed by atoms with Gasteiger partial charge in [-0.2, -0.15) is 13.2 Å². The molecule has 0 spiro atoms. The van der Waals surface area contributed by atoms with Crippen molar-refractivity contribution in [1.29, 1.82) is 0 Å². The van der Waals surface area contributed by atoms with Crippen LogP contribution in [0.4, 0.5) is 29.3 Å². The molecule has 0 unspecified atom stereocenters. The number of aromatic amines is 1. The summed E-state index contributed by atoms with van der Waals surface area (Å²) < 4.78 is 38.2. The van der Waals surface area contributed by atoms with Crippen molar-refractivity contribution in [1.82, 2.24) is 15.0 Å². The van der Waals surface area contributed by atoms with Gasteiger partial charge in [-0.15, -0.1) is 0 Å². The Kier molecular flexibility index (Phi) is 5.69. The molecule has 1 fully saturated rings. The molecule has 2 amide bonds. The van der Waals surface area contributed by atoms with Crippen LogP contribution < -0.4 is 10.6 Å². The van der Waals surface area contributed by atoms with Gasteiger partial charge < -0.3 is 15.6 Å². The van der Waals surface area contributed by atoms with Gasteiger partial charge in [0, 0.05) is 35.5 Å². The minimum Gasteiger partial charge on any atom is -0.344 e. The summed E-state index contributed by atoms with van der Waals surface area (Å²) in [4.78, 5) is 24.5. The molecule has 3 N–H and O–H groups in total.